The highest BCUT2D eigenvalue weighted by Crippen LogP contribution is 2.10. The molecule has 0 saturated heterocycles. The number of carbonyl (C=O) groups excluding carboxylic acids is 2. The minimum Gasteiger partial charge on any atom is -0.482 e. The lowest BCUT2D eigenvalue weighted by Crippen LogP contribution is -2.34. The van der Waals surface area contributed by atoms with Gasteiger partial charge in [-0.25, -0.2) is 10.2 Å². The van der Waals surface area contributed by atoms with Gasteiger partial charge in [0, 0.05) is 5.56 Å². The second kappa shape index (κ2) is 9.71. The van der Waals surface area contributed by atoms with E-state index in [0.717, 1.165) is 5.56 Å². The van der Waals surface area contributed by atoms with Crippen molar-refractivity contribution in [2.24, 2.45) is 5.10 Å². The normalized spacial score (nSPS) is 10.4. The minimum atomic E-state index is -1.06. The summed E-state index contributed by atoms with van der Waals surface area (Å²) in [4.78, 5) is 34.0. The van der Waals surface area contributed by atoms with E-state index in [-0.39, 0.29) is 12.5 Å². The summed E-state index contributed by atoms with van der Waals surface area (Å²) in [6.07, 6.45) is 1.42. The summed E-state index contributed by atoms with van der Waals surface area (Å²) in [5, 5.41) is 14.8. The second-order valence-electron chi connectivity index (χ2n) is 5.59. The van der Waals surface area contributed by atoms with Crippen molar-refractivity contribution in [1.82, 2.24) is 10.7 Å². The molecule has 0 fully saturated rings. The van der Waals surface area contributed by atoms with Crippen molar-refractivity contribution in [2.75, 3.05) is 13.2 Å². The number of nitrogens with zero attached hydrogens (tertiary/aromatic N) is 1. The van der Waals surface area contributed by atoms with Gasteiger partial charge in [0.2, 0.25) is 0 Å². The minimum absolute atomic E-state index is 0.202. The number of amides is 2. The molecular weight excluding hydrogens is 350 g/mol. The first-order valence-electron chi connectivity index (χ1n) is 8.05. The van der Waals surface area contributed by atoms with Crippen molar-refractivity contribution in [3.05, 3.63) is 65.2 Å². The van der Waals surface area contributed by atoms with Crippen molar-refractivity contribution < 1.29 is 24.2 Å². The van der Waals surface area contributed by atoms with E-state index in [0.29, 0.717) is 16.9 Å². The fourth-order valence-corrected chi connectivity index (χ4v) is 1.98. The number of carboxylic acids is 1. The lowest BCUT2D eigenvalue weighted by atomic mass is 10.1. The van der Waals surface area contributed by atoms with E-state index in [9.17, 15) is 14.4 Å². The van der Waals surface area contributed by atoms with Gasteiger partial charge in [-0.2, -0.15) is 5.10 Å². The molecule has 2 aromatic carbocycles. The first-order valence-corrected chi connectivity index (χ1v) is 8.05. The van der Waals surface area contributed by atoms with Crippen molar-refractivity contribution in [2.45, 2.75) is 6.92 Å². The highest BCUT2D eigenvalue weighted by Gasteiger charge is 2.07. The molecule has 0 aromatic heterocycles. The Balaban J connectivity index is 1.75. The number of hydrazone groups is 1. The molecule has 0 bridgehead atoms. The number of hydrogen-bond donors (Lipinski definition) is 3. The van der Waals surface area contributed by atoms with Crippen LogP contribution in [0.25, 0.3) is 0 Å². The predicted octanol–water partition coefficient (Wildman–Crippen LogP) is 1.34. The highest BCUT2D eigenvalue weighted by molar-refractivity contribution is 5.96. The Morgan fingerprint density at radius 2 is 1.74 bits per heavy atom. The van der Waals surface area contributed by atoms with Gasteiger partial charge < -0.3 is 15.2 Å². The topological polar surface area (TPSA) is 117 Å². The molecule has 0 unspecified atom stereocenters. The lowest BCUT2D eigenvalue weighted by molar-refractivity contribution is -0.139. The van der Waals surface area contributed by atoms with Crippen LogP contribution in [0.5, 0.6) is 5.75 Å². The van der Waals surface area contributed by atoms with Crippen LogP contribution >= 0.6 is 0 Å². The molecule has 27 heavy (non-hydrogen) atoms. The Hall–Kier alpha value is -3.68. The smallest absolute Gasteiger partial charge is 0.341 e. The SMILES string of the molecule is Cc1ccc(C(=O)NCC(=O)N/N=C/c2ccc(OCC(=O)O)cc2)cc1. The highest BCUT2D eigenvalue weighted by atomic mass is 16.5. The quantitative estimate of drug-likeness (QED) is 0.479. The lowest BCUT2D eigenvalue weighted by Gasteiger charge is -2.05. The average Bonchev–Trinajstić information content (AvgIpc) is 2.66. The van der Waals surface area contributed by atoms with Crippen LogP contribution in [0, 0.1) is 6.92 Å². The van der Waals surface area contributed by atoms with Gasteiger partial charge in [0.15, 0.2) is 6.61 Å². The predicted molar refractivity (Wildman–Crippen MR) is 98.8 cm³/mol. The summed E-state index contributed by atoms with van der Waals surface area (Å²) in [6.45, 7) is 1.30. The van der Waals surface area contributed by atoms with Gasteiger partial charge >= 0.3 is 5.97 Å². The molecule has 2 rings (SSSR count). The molecule has 2 amide bonds. The molecule has 0 aliphatic heterocycles. The third kappa shape index (κ3) is 6.99. The van der Waals surface area contributed by atoms with Crippen LogP contribution in [-0.4, -0.2) is 42.3 Å². The molecule has 0 aliphatic rings. The fourth-order valence-electron chi connectivity index (χ4n) is 1.98. The summed E-state index contributed by atoms with van der Waals surface area (Å²) in [7, 11) is 0. The van der Waals surface area contributed by atoms with Crippen molar-refractivity contribution in [3.63, 3.8) is 0 Å². The van der Waals surface area contributed by atoms with Crippen molar-refractivity contribution >= 4 is 24.0 Å². The van der Waals surface area contributed by atoms with Crippen LogP contribution in [0.3, 0.4) is 0 Å². The molecule has 8 heteroatoms. The van der Waals surface area contributed by atoms with Crippen LogP contribution < -0.4 is 15.5 Å². The maximum Gasteiger partial charge on any atom is 0.341 e. The van der Waals surface area contributed by atoms with E-state index in [2.05, 4.69) is 15.8 Å². The van der Waals surface area contributed by atoms with Crippen LogP contribution in [0.2, 0.25) is 0 Å². The zero-order valence-electron chi connectivity index (χ0n) is 14.6. The van der Waals surface area contributed by atoms with E-state index >= 15 is 0 Å². The van der Waals surface area contributed by atoms with Crippen LogP contribution in [0.15, 0.2) is 53.6 Å². The standard InChI is InChI=1S/C19H19N3O5/c1-13-2-6-15(7-3-13)19(26)20-11-17(23)22-21-10-14-4-8-16(9-5-14)27-12-18(24)25/h2-10H,11-12H2,1H3,(H,20,26)(H,22,23)(H,24,25)/b21-10+. The van der Waals surface area contributed by atoms with Gasteiger partial charge in [-0.05, 0) is 48.9 Å². The first kappa shape index (κ1) is 19.6. The maximum atomic E-state index is 11.9. The van der Waals surface area contributed by atoms with Gasteiger partial charge in [0.1, 0.15) is 5.75 Å². The Labute approximate surface area is 155 Å². The van der Waals surface area contributed by atoms with Gasteiger partial charge in [-0.1, -0.05) is 17.7 Å². The molecule has 0 heterocycles. The summed E-state index contributed by atoms with van der Waals surface area (Å²) < 4.78 is 5.01. The van der Waals surface area contributed by atoms with E-state index in [1.54, 1.807) is 36.4 Å². The number of aryl methyl sites for hydroxylation is 1. The molecule has 3 N–H and O–H groups in total. The Kier molecular flexibility index (Phi) is 7.07. The van der Waals surface area contributed by atoms with E-state index in [4.69, 9.17) is 9.84 Å². The third-order valence-electron chi connectivity index (χ3n) is 3.37. The molecule has 0 atom stereocenters. The Bertz CT molecular complexity index is 829. The van der Waals surface area contributed by atoms with Gasteiger partial charge in [0.25, 0.3) is 11.8 Å². The number of aliphatic carboxylic acids is 1. The first-order chi connectivity index (χ1) is 12.9. The van der Waals surface area contributed by atoms with Gasteiger partial charge in [0.05, 0.1) is 12.8 Å². The molecule has 8 nitrogen and oxygen atoms in total. The third-order valence-corrected chi connectivity index (χ3v) is 3.37. The molecule has 2 aromatic rings. The van der Waals surface area contributed by atoms with E-state index in [1.165, 1.54) is 6.21 Å². The number of carbonyl (C=O) groups is 3. The van der Waals surface area contributed by atoms with Crippen LogP contribution in [-0.2, 0) is 9.59 Å². The number of rotatable bonds is 8. The monoisotopic (exact) mass is 369 g/mol. The van der Waals surface area contributed by atoms with Gasteiger partial charge in [-0.3, -0.25) is 9.59 Å². The second-order valence-corrected chi connectivity index (χ2v) is 5.59. The molecule has 0 radical (unpaired) electrons. The fraction of sp³-hybridized carbons (Fsp3) is 0.158. The van der Waals surface area contributed by atoms with Gasteiger partial charge in [-0.15, -0.1) is 0 Å². The summed E-state index contributed by atoms with van der Waals surface area (Å²) in [5.41, 5.74) is 4.51. The maximum absolute atomic E-state index is 11.9. The van der Waals surface area contributed by atoms with E-state index < -0.39 is 18.5 Å². The number of nitrogens with one attached hydrogen (secondary N) is 2. The summed E-state index contributed by atoms with van der Waals surface area (Å²) in [6, 6.07) is 13.5. The molecule has 0 saturated carbocycles. The number of benzene rings is 2. The Morgan fingerprint density at radius 3 is 2.37 bits per heavy atom. The molecule has 0 spiro atoms. The number of carboxylic acid groups (broad SMARTS) is 1. The van der Waals surface area contributed by atoms with Crippen molar-refractivity contribution in [3.8, 4) is 5.75 Å². The Morgan fingerprint density at radius 1 is 1.07 bits per heavy atom. The average molecular weight is 369 g/mol. The molecule has 140 valence electrons. The van der Waals surface area contributed by atoms with Crippen LogP contribution in [0.1, 0.15) is 21.5 Å². The number of hydrogen-bond acceptors (Lipinski definition) is 5. The van der Waals surface area contributed by atoms with E-state index in [1.807, 2.05) is 19.1 Å². The number of ether oxygens (including phenoxy) is 1. The zero-order chi connectivity index (χ0) is 19.6. The molecular formula is C19H19N3O5. The zero-order valence-corrected chi connectivity index (χ0v) is 14.6. The summed E-state index contributed by atoms with van der Waals surface area (Å²) >= 11 is 0. The van der Waals surface area contributed by atoms with Crippen LogP contribution in [0.4, 0.5) is 0 Å². The molecule has 0 aliphatic carbocycles. The summed E-state index contributed by atoms with van der Waals surface area (Å²) in [5.74, 6) is -1.45. The largest absolute Gasteiger partial charge is 0.482 e. The van der Waals surface area contributed by atoms with Crippen molar-refractivity contribution in [1.29, 1.82) is 0 Å².